The Balaban J connectivity index is 1.97. The summed E-state index contributed by atoms with van der Waals surface area (Å²) >= 11 is 0. The molecule has 2 N–H and O–H groups in total. The molecule has 0 saturated carbocycles. The van der Waals surface area contributed by atoms with Crippen LogP contribution >= 0.6 is 0 Å². The molecule has 0 aliphatic heterocycles. The number of aromatic nitrogens is 1. The summed E-state index contributed by atoms with van der Waals surface area (Å²) in [5.41, 5.74) is 1.20. The Labute approximate surface area is 117 Å². The van der Waals surface area contributed by atoms with Gasteiger partial charge in [0, 0.05) is 17.6 Å². The highest BCUT2D eigenvalue weighted by Crippen LogP contribution is 2.27. The van der Waals surface area contributed by atoms with E-state index in [2.05, 4.69) is 29.4 Å². The average Bonchev–Trinajstić information content (AvgIpc) is 2.49. The van der Waals surface area contributed by atoms with Gasteiger partial charge in [0.05, 0.1) is 0 Å². The van der Waals surface area contributed by atoms with Crippen molar-refractivity contribution in [2.24, 2.45) is 0 Å². The lowest BCUT2D eigenvalue weighted by Crippen LogP contribution is -2.08. The zero-order valence-electron chi connectivity index (χ0n) is 11.2. The van der Waals surface area contributed by atoms with Crippen LogP contribution in [0, 0.1) is 0 Å². The van der Waals surface area contributed by atoms with E-state index in [4.69, 9.17) is 0 Å². The maximum atomic E-state index is 9.65. The third kappa shape index (κ3) is 2.43. The lowest BCUT2D eigenvalue weighted by Gasteiger charge is -2.16. The van der Waals surface area contributed by atoms with Gasteiger partial charge < -0.3 is 10.4 Å². The van der Waals surface area contributed by atoms with E-state index in [1.165, 1.54) is 5.56 Å². The normalized spacial score (nSPS) is 12.2. The van der Waals surface area contributed by atoms with E-state index < -0.39 is 0 Å². The lowest BCUT2D eigenvalue weighted by molar-refractivity contribution is 0.476. The summed E-state index contributed by atoms with van der Waals surface area (Å²) in [4.78, 5) is 4.39. The van der Waals surface area contributed by atoms with E-state index in [1.807, 2.05) is 30.3 Å². The van der Waals surface area contributed by atoms with Crippen molar-refractivity contribution in [3.8, 4) is 5.75 Å². The van der Waals surface area contributed by atoms with Crippen LogP contribution in [0.1, 0.15) is 18.5 Å². The molecule has 0 amide bonds. The summed E-state index contributed by atoms with van der Waals surface area (Å²) in [7, 11) is 0. The number of phenolic OH excluding ortho intramolecular Hbond substituents is 1. The van der Waals surface area contributed by atoms with E-state index in [0.29, 0.717) is 0 Å². The van der Waals surface area contributed by atoms with Crippen LogP contribution in [-0.2, 0) is 0 Å². The number of hydrogen-bond donors (Lipinski definition) is 2. The SMILES string of the molecule is CC(Nc1nccc2ccc(O)cc12)c1ccccc1. The monoisotopic (exact) mass is 264 g/mol. The molecule has 3 heteroatoms. The Bertz CT molecular complexity index is 725. The summed E-state index contributed by atoms with van der Waals surface area (Å²) in [6.07, 6.45) is 1.78. The number of pyridine rings is 1. The minimum atomic E-state index is 0.150. The van der Waals surface area contributed by atoms with Gasteiger partial charge in [-0.2, -0.15) is 0 Å². The Morgan fingerprint density at radius 1 is 1.05 bits per heavy atom. The zero-order chi connectivity index (χ0) is 13.9. The molecule has 20 heavy (non-hydrogen) atoms. The van der Waals surface area contributed by atoms with Crippen LogP contribution in [0.2, 0.25) is 0 Å². The van der Waals surface area contributed by atoms with Crippen molar-refractivity contribution in [1.82, 2.24) is 4.98 Å². The molecular formula is C17H16N2O. The van der Waals surface area contributed by atoms with E-state index in [-0.39, 0.29) is 11.8 Å². The standard InChI is InChI=1S/C17H16N2O/c1-12(13-5-3-2-4-6-13)19-17-16-11-15(20)8-7-14(16)9-10-18-17/h2-12,20H,1H3,(H,18,19). The average molecular weight is 264 g/mol. The Hall–Kier alpha value is -2.55. The van der Waals surface area contributed by atoms with Crippen molar-refractivity contribution in [3.05, 3.63) is 66.4 Å². The highest BCUT2D eigenvalue weighted by molar-refractivity contribution is 5.92. The molecule has 1 unspecified atom stereocenters. The topological polar surface area (TPSA) is 45.2 Å². The largest absolute Gasteiger partial charge is 0.508 e. The van der Waals surface area contributed by atoms with Crippen molar-refractivity contribution in [3.63, 3.8) is 0 Å². The summed E-state index contributed by atoms with van der Waals surface area (Å²) in [6.45, 7) is 2.10. The van der Waals surface area contributed by atoms with Gasteiger partial charge in [-0.05, 0) is 36.1 Å². The first-order valence-corrected chi connectivity index (χ1v) is 6.63. The zero-order valence-corrected chi connectivity index (χ0v) is 11.2. The first-order valence-electron chi connectivity index (χ1n) is 6.63. The number of rotatable bonds is 3. The fraction of sp³-hybridized carbons (Fsp3) is 0.118. The number of nitrogens with zero attached hydrogens (tertiary/aromatic N) is 1. The van der Waals surface area contributed by atoms with Gasteiger partial charge in [-0.15, -0.1) is 0 Å². The number of fused-ring (bicyclic) bond motifs is 1. The van der Waals surface area contributed by atoms with E-state index in [0.717, 1.165) is 16.6 Å². The van der Waals surface area contributed by atoms with Crippen LogP contribution in [-0.4, -0.2) is 10.1 Å². The summed E-state index contributed by atoms with van der Waals surface area (Å²) in [6, 6.07) is 17.6. The molecule has 0 radical (unpaired) electrons. The molecule has 0 bridgehead atoms. The van der Waals surface area contributed by atoms with Crippen LogP contribution in [0.3, 0.4) is 0 Å². The molecule has 1 heterocycles. The molecule has 0 aliphatic rings. The quantitative estimate of drug-likeness (QED) is 0.748. The predicted molar refractivity (Wildman–Crippen MR) is 81.9 cm³/mol. The van der Waals surface area contributed by atoms with Gasteiger partial charge in [-0.25, -0.2) is 4.98 Å². The van der Waals surface area contributed by atoms with Crippen LogP contribution in [0.4, 0.5) is 5.82 Å². The molecule has 100 valence electrons. The fourth-order valence-corrected chi connectivity index (χ4v) is 2.30. The Kier molecular flexibility index (Phi) is 3.25. The number of anilines is 1. The molecule has 0 spiro atoms. The van der Waals surface area contributed by atoms with E-state index >= 15 is 0 Å². The molecule has 3 rings (SSSR count). The molecule has 1 aromatic heterocycles. The maximum Gasteiger partial charge on any atom is 0.134 e. The number of hydrogen-bond acceptors (Lipinski definition) is 3. The molecule has 3 aromatic rings. The van der Waals surface area contributed by atoms with Crippen LogP contribution < -0.4 is 5.32 Å². The predicted octanol–water partition coefficient (Wildman–Crippen LogP) is 4.11. The smallest absolute Gasteiger partial charge is 0.134 e. The number of aromatic hydroxyl groups is 1. The van der Waals surface area contributed by atoms with E-state index in [9.17, 15) is 5.11 Å². The van der Waals surface area contributed by atoms with Gasteiger partial charge >= 0.3 is 0 Å². The van der Waals surface area contributed by atoms with Gasteiger partial charge in [-0.3, -0.25) is 0 Å². The van der Waals surface area contributed by atoms with Crippen molar-refractivity contribution < 1.29 is 5.11 Å². The number of phenols is 1. The van der Waals surface area contributed by atoms with Crippen LogP contribution in [0.25, 0.3) is 10.8 Å². The van der Waals surface area contributed by atoms with Crippen LogP contribution in [0.5, 0.6) is 5.75 Å². The summed E-state index contributed by atoms with van der Waals surface area (Å²) in [5.74, 6) is 1.04. The van der Waals surface area contributed by atoms with Crippen molar-refractivity contribution in [1.29, 1.82) is 0 Å². The first-order chi connectivity index (χ1) is 9.74. The minimum absolute atomic E-state index is 0.150. The Morgan fingerprint density at radius 2 is 1.85 bits per heavy atom. The van der Waals surface area contributed by atoms with Crippen molar-refractivity contribution in [2.45, 2.75) is 13.0 Å². The molecule has 2 aromatic carbocycles. The molecule has 0 fully saturated rings. The van der Waals surface area contributed by atoms with Gasteiger partial charge in [0.25, 0.3) is 0 Å². The second kappa shape index (κ2) is 5.21. The summed E-state index contributed by atoms with van der Waals surface area (Å²) < 4.78 is 0. The van der Waals surface area contributed by atoms with Crippen molar-refractivity contribution in [2.75, 3.05) is 5.32 Å². The third-order valence-electron chi connectivity index (χ3n) is 3.40. The van der Waals surface area contributed by atoms with Crippen LogP contribution in [0.15, 0.2) is 60.8 Å². The van der Waals surface area contributed by atoms with Gasteiger partial charge in [-0.1, -0.05) is 36.4 Å². The highest BCUT2D eigenvalue weighted by Gasteiger charge is 2.08. The number of nitrogens with one attached hydrogen (secondary N) is 1. The number of benzene rings is 2. The highest BCUT2D eigenvalue weighted by atomic mass is 16.3. The van der Waals surface area contributed by atoms with Crippen molar-refractivity contribution >= 4 is 16.6 Å². The minimum Gasteiger partial charge on any atom is -0.508 e. The molecule has 0 aliphatic carbocycles. The van der Waals surface area contributed by atoms with E-state index in [1.54, 1.807) is 18.3 Å². The lowest BCUT2D eigenvalue weighted by atomic mass is 10.1. The molecule has 0 saturated heterocycles. The molecule has 3 nitrogen and oxygen atoms in total. The molecular weight excluding hydrogens is 248 g/mol. The summed E-state index contributed by atoms with van der Waals surface area (Å²) in [5, 5.41) is 15.0. The second-order valence-corrected chi connectivity index (χ2v) is 4.84. The van der Waals surface area contributed by atoms with Gasteiger partial charge in [0.15, 0.2) is 0 Å². The van der Waals surface area contributed by atoms with Gasteiger partial charge in [0.2, 0.25) is 0 Å². The maximum absolute atomic E-state index is 9.65. The third-order valence-corrected chi connectivity index (χ3v) is 3.40. The molecule has 1 atom stereocenters. The Morgan fingerprint density at radius 3 is 2.65 bits per heavy atom. The first kappa shape index (κ1) is 12.5. The van der Waals surface area contributed by atoms with Gasteiger partial charge in [0.1, 0.15) is 11.6 Å². The fourth-order valence-electron chi connectivity index (χ4n) is 2.30. The second-order valence-electron chi connectivity index (χ2n) is 4.84.